The quantitative estimate of drug-likeness (QED) is 0.401. The molecule has 31 heavy (non-hydrogen) atoms. The maximum atomic E-state index is 13.1. The molecule has 0 amide bonds. The Morgan fingerprint density at radius 3 is 2.35 bits per heavy atom. The molecule has 1 saturated heterocycles. The zero-order chi connectivity index (χ0) is 21.6. The summed E-state index contributed by atoms with van der Waals surface area (Å²) in [6.07, 6.45) is 3.76. The van der Waals surface area contributed by atoms with Crippen LogP contribution in [0.2, 0.25) is 10.0 Å². The fourth-order valence-corrected chi connectivity index (χ4v) is 4.24. The monoisotopic (exact) mass is 458 g/mol. The molecule has 6 heteroatoms. The van der Waals surface area contributed by atoms with Crippen LogP contribution in [0, 0.1) is 5.82 Å². The van der Waals surface area contributed by atoms with E-state index in [1.807, 2.05) is 30.3 Å². The first kappa shape index (κ1) is 21.8. The average molecular weight is 459 g/mol. The highest BCUT2D eigenvalue weighted by Crippen LogP contribution is 2.31. The lowest BCUT2D eigenvalue weighted by Gasteiger charge is -2.29. The minimum Gasteiger partial charge on any atom is -0.489 e. The van der Waals surface area contributed by atoms with E-state index in [1.165, 1.54) is 31.4 Å². The maximum absolute atomic E-state index is 13.1. The van der Waals surface area contributed by atoms with Gasteiger partial charge in [-0.05, 0) is 67.3 Å². The maximum Gasteiger partial charge on any atom is 0.124 e. The van der Waals surface area contributed by atoms with Gasteiger partial charge in [0.15, 0.2) is 0 Å². The molecule has 0 saturated carbocycles. The SMILES string of the molecule is Fc1ccc(COc2ccc(CNc3ccc(N4CCCCC4)c(Cl)c3)cc2)c(Cl)c1. The number of anilines is 2. The Kier molecular flexibility index (Phi) is 7.21. The van der Waals surface area contributed by atoms with E-state index >= 15 is 0 Å². The number of nitrogens with zero attached hydrogens (tertiary/aromatic N) is 1. The molecule has 1 aliphatic rings. The molecule has 1 heterocycles. The number of halogens is 3. The van der Waals surface area contributed by atoms with Crippen LogP contribution >= 0.6 is 23.2 Å². The second-order valence-electron chi connectivity index (χ2n) is 7.74. The van der Waals surface area contributed by atoms with Gasteiger partial charge in [-0.15, -0.1) is 0 Å². The molecule has 1 N–H and O–H groups in total. The second kappa shape index (κ2) is 10.3. The smallest absolute Gasteiger partial charge is 0.124 e. The fourth-order valence-electron chi connectivity index (χ4n) is 3.72. The van der Waals surface area contributed by atoms with Crippen molar-refractivity contribution < 1.29 is 9.13 Å². The summed E-state index contributed by atoms with van der Waals surface area (Å²) in [5, 5.41) is 4.58. The molecule has 3 nitrogen and oxygen atoms in total. The number of hydrogen-bond acceptors (Lipinski definition) is 3. The third-order valence-corrected chi connectivity index (χ3v) is 6.13. The Hall–Kier alpha value is -2.43. The van der Waals surface area contributed by atoms with E-state index in [0.29, 0.717) is 18.2 Å². The van der Waals surface area contributed by atoms with E-state index in [-0.39, 0.29) is 5.82 Å². The molecule has 0 spiro atoms. The summed E-state index contributed by atoms with van der Waals surface area (Å²) >= 11 is 12.6. The Labute approximate surface area is 192 Å². The van der Waals surface area contributed by atoms with Crippen LogP contribution in [0.5, 0.6) is 5.75 Å². The van der Waals surface area contributed by atoms with Gasteiger partial charge in [0.05, 0.1) is 15.7 Å². The molecule has 3 aromatic carbocycles. The van der Waals surface area contributed by atoms with E-state index in [0.717, 1.165) is 46.4 Å². The van der Waals surface area contributed by atoms with Gasteiger partial charge in [0.25, 0.3) is 0 Å². The van der Waals surface area contributed by atoms with Gasteiger partial charge >= 0.3 is 0 Å². The van der Waals surface area contributed by atoms with Gasteiger partial charge < -0.3 is 15.0 Å². The van der Waals surface area contributed by atoms with Gasteiger partial charge in [0.2, 0.25) is 0 Å². The van der Waals surface area contributed by atoms with Crippen LogP contribution in [0.3, 0.4) is 0 Å². The molecule has 0 atom stereocenters. The zero-order valence-electron chi connectivity index (χ0n) is 17.2. The summed E-state index contributed by atoms with van der Waals surface area (Å²) in [4.78, 5) is 2.37. The van der Waals surface area contributed by atoms with Crippen molar-refractivity contribution in [2.24, 2.45) is 0 Å². The van der Waals surface area contributed by atoms with Crippen LogP contribution < -0.4 is 15.0 Å². The highest BCUT2D eigenvalue weighted by molar-refractivity contribution is 6.33. The minimum atomic E-state index is -0.354. The number of rotatable bonds is 7. The number of ether oxygens (including phenoxy) is 1. The molecule has 1 aliphatic heterocycles. The van der Waals surface area contributed by atoms with Crippen LogP contribution in [0.1, 0.15) is 30.4 Å². The van der Waals surface area contributed by atoms with Crippen molar-refractivity contribution in [1.82, 2.24) is 0 Å². The van der Waals surface area contributed by atoms with Gasteiger partial charge in [-0.3, -0.25) is 0 Å². The molecule has 0 aliphatic carbocycles. The Morgan fingerprint density at radius 1 is 0.871 bits per heavy atom. The third-order valence-electron chi connectivity index (χ3n) is 5.47. The number of hydrogen-bond donors (Lipinski definition) is 1. The predicted octanol–water partition coefficient (Wildman–Crippen LogP) is 7.31. The van der Waals surface area contributed by atoms with Crippen molar-refractivity contribution in [3.63, 3.8) is 0 Å². The summed E-state index contributed by atoms with van der Waals surface area (Å²) in [7, 11) is 0. The predicted molar refractivity (Wildman–Crippen MR) is 127 cm³/mol. The molecular weight excluding hydrogens is 434 g/mol. The van der Waals surface area contributed by atoms with Gasteiger partial charge in [0, 0.05) is 30.9 Å². The Bertz CT molecular complexity index is 1020. The number of nitrogens with one attached hydrogen (secondary N) is 1. The van der Waals surface area contributed by atoms with Crippen LogP contribution in [-0.4, -0.2) is 13.1 Å². The topological polar surface area (TPSA) is 24.5 Å². The van der Waals surface area contributed by atoms with Crippen LogP contribution in [0.15, 0.2) is 60.7 Å². The molecule has 0 aromatic heterocycles. The molecule has 3 aromatic rings. The largest absolute Gasteiger partial charge is 0.489 e. The van der Waals surface area contributed by atoms with E-state index in [1.54, 1.807) is 6.07 Å². The van der Waals surface area contributed by atoms with Gasteiger partial charge in [-0.2, -0.15) is 0 Å². The van der Waals surface area contributed by atoms with Gasteiger partial charge in [0.1, 0.15) is 18.2 Å². The van der Waals surface area contributed by atoms with Crippen molar-refractivity contribution in [3.05, 3.63) is 87.7 Å². The van der Waals surface area contributed by atoms with Crippen LogP contribution in [-0.2, 0) is 13.2 Å². The molecule has 4 rings (SSSR count). The molecule has 1 fully saturated rings. The molecule has 162 valence electrons. The molecular formula is C25H25Cl2FN2O. The van der Waals surface area contributed by atoms with E-state index < -0.39 is 0 Å². The Morgan fingerprint density at radius 2 is 1.65 bits per heavy atom. The van der Waals surface area contributed by atoms with E-state index in [2.05, 4.69) is 22.3 Å². The summed E-state index contributed by atoms with van der Waals surface area (Å²) < 4.78 is 18.9. The molecule has 0 bridgehead atoms. The first-order valence-electron chi connectivity index (χ1n) is 10.5. The second-order valence-corrected chi connectivity index (χ2v) is 8.55. The first-order chi connectivity index (χ1) is 15.1. The average Bonchev–Trinajstić information content (AvgIpc) is 2.78. The summed E-state index contributed by atoms with van der Waals surface area (Å²) in [6, 6.07) is 18.4. The highest BCUT2D eigenvalue weighted by atomic mass is 35.5. The van der Waals surface area contributed by atoms with Gasteiger partial charge in [-0.25, -0.2) is 4.39 Å². The Balaban J connectivity index is 1.30. The van der Waals surface area contributed by atoms with Crippen LogP contribution in [0.25, 0.3) is 0 Å². The fraction of sp³-hybridized carbons (Fsp3) is 0.280. The lowest BCUT2D eigenvalue weighted by Crippen LogP contribution is -2.29. The van der Waals surface area contributed by atoms with Crippen molar-refractivity contribution >= 4 is 34.6 Å². The third kappa shape index (κ3) is 5.84. The standard InChI is InChI=1S/C25H25Cl2FN2O/c26-23-14-20(28)7-6-19(23)17-31-22-9-4-18(5-10-22)16-29-21-8-11-25(24(27)15-21)30-12-2-1-3-13-30/h4-11,14-15,29H,1-3,12-13,16-17H2. The van der Waals surface area contributed by atoms with Crippen molar-refractivity contribution in [2.45, 2.75) is 32.4 Å². The highest BCUT2D eigenvalue weighted by Gasteiger charge is 2.14. The zero-order valence-corrected chi connectivity index (χ0v) is 18.7. The summed E-state index contributed by atoms with van der Waals surface area (Å²) in [6.45, 7) is 3.13. The molecule has 0 unspecified atom stereocenters. The first-order valence-corrected chi connectivity index (χ1v) is 11.3. The normalized spacial score (nSPS) is 13.8. The number of benzene rings is 3. The minimum absolute atomic E-state index is 0.290. The molecule has 0 radical (unpaired) electrons. The van der Waals surface area contributed by atoms with Gasteiger partial charge in [-0.1, -0.05) is 41.4 Å². The lowest BCUT2D eigenvalue weighted by molar-refractivity contribution is 0.306. The summed E-state index contributed by atoms with van der Waals surface area (Å²) in [5.74, 6) is 0.381. The number of piperidine rings is 1. The van der Waals surface area contributed by atoms with Crippen molar-refractivity contribution in [1.29, 1.82) is 0 Å². The van der Waals surface area contributed by atoms with Crippen molar-refractivity contribution in [3.8, 4) is 5.75 Å². The van der Waals surface area contributed by atoms with Crippen molar-refractivity contribution in [2.75, 3.05) is 23.3 Å². The lowest BCUT2D eigenvalue weighted by atomic mass is 10.1. The van der Waals surface area contributed by atoms with Crippen LogP contribution in [0.4, 0.5) is 15.8 Å². The van der Waals surface area contributed by atoms with E-state index in [4.69, 9.17) is 27.9 Å². The summed E-state index contributed by atoms with van der Waals surface area (Å²) in [5.41, 5.74) is 3.99. The van der Waals surface area contributed by atoms with E-state index in [9.17, 15) is 4.39 Å².